The maximum atomic E-state index is 4.64. The minimum Gasteiger partial charge on any atom is -0.222 e. The van der Waals surface area contributed by atoms with Gasteiger partial charge in [-0.2, -0.15) is 0 Å². The van der Waals surface area contributed by atoms with Crippen LogP contribution in [0.2, 0.25) is 0 Å². The van der Waals surface area contributed by atoms with Gasteiger partial charge in [-0.3, -0.25) is 0 Å². The molecule has 2 nitrogen and oxygen atoms in total. The van der Waals surface area contributed by atoms with Crippen molar-refractivity contribution in [3.63, 3.8) is 0 Å². The zero-order chi connectivity index (χ0) is 16.1. The van der Waals surface area contributed by atoms with Gasteiger partial charge in [0.1, 0.15) is 0 Å². The molecule has 24 heavy (non-hydrogen) atoms. The van der Waals surface area contributed by atoms with Crippen molar-refractivity contribution in [3.8, 4) is 11.3 Å². The Morgan fingerprint density at radius 2 is 1.46 bits per heavy atom. The molecule has 0 amide bonds. The number of fused-ring (bicyclic) bond motifs is 4. The van der Waals surface area contributed by atoms with E-state index in [-0.39, 0.29) is 0 Å². The molecule has 2 aromatic heterocycles. The van der Waals surface area contributed by atoms with E-state index < -0.39 is 0 Å². The SMILES string of the molecule is Brc1nc(-c2ccc3c(c2)sc2ccccc23)c2ccccc2n1. The second-order valence-corrected chi connectivity index (χ2v) is 7.46. The van der Waals surface area contributed by atoms with Gasteiger partial charge in [0.25, 0.3) is 0 Å². The lowest BCUT2D eigenvalue weighted by Gasteiger charge is -2.06. The van der Waals surface area contributed by atoms with E-state index in [1.54, 1.807) is 0 Å². The Kier molecular flexibility index (Phi) is 3.15. The van der Waals surface area contributed by atoms with Crippen LogP contribution < -0.4 is 0 Å². The maximum absolute atomic E-state index is 4.64. The Bertz CT molecular complexity index is 1230. The molecule has 0 aliphatic rings. The molecule has 0 fully saturated rings. The fourth-order valence-corrected chi connectivity index (χ4v) is 4.66. The van der Waals surface area contributed by atoms with Gasteiger partial charge >= 0.3 is 0 Å². The van der Waals surface area contributed by atoms with Crippen molar-refractivity contribution in [2.24, 2.45) is 0 Å². The van der Waals surface area contributed by atoms with Gasteiger partial charge in [0, 0.05) is 31.1 Å². The van der Waals surface area contributed by atoms with Crippen LogP contribution in [0.5, 0.6) is 0 Å². The van der Waals surface area contributed by atoms with Gasteiger partial charge in [0.05, 0.1) is 11.2 Å². The average molecular weight is 391 g/mol. The summed E-state index contributed by atoms with van der Waals surface area (Å²) >= 11 is 5.26. The monoisotopic (exact) mass is 390 g/mol. The summed E-state index contributed by atoms with van der Waals surface area (Å²) in [5.41, 5.74) is 3.03. The quantitative estimate of drug-likeness (QED) is 0.308. The van der Waals surface area contributed by atoms with Crippen LogP contribution in [0.15, 0.2) is 71.5 Å². The number of halogens is 1. The summed E-state index contributed by atoms with van der Waals surface area (Å²) in [6.45, 7) is 0. The molecule has 0 atom stereocenters. The van der Waals surface area contributed by atoms with Crippen LogP contribution in [0.3, 0.4) is 0 Å². The van der Waals surface area contributed by atoms with Gasteiger partial charge < -0.3 is 0 Å². The van der Waals surface area contributed by atoms with Crippen molar-refractivity contribution >= 4 is 58.3 Å². The van der Waals surface area contributed by atoms with Crippen molar-refractivity contribution in [2.75, 3.05) is 0 Å². The summed E-state index contributed by atoms with van der Waals surface area (Å²) in [5, 5.41) is 3.69. The first-order valence-electron chi connectivity index (χ1n) is 7.63. The van der Waals surface area contributed by atoms with Crippen LogP contribution in [0.25, 0.3) is 42.3 Å². The molecular weight excluding hydrogens is 380 g/mol. The molecule has 4 heteroatoms. The zero-order valence-electron chi connectivity index (χ0n) is 12.5. The zero-order valence-corrected chi connectivity index (χ0v) is 14.9. The Hall–Kier alpha value is -2.30. The smallest absolute Gasteiger partial charge is 0.197 e. The number of rotatable bonds is 1. The topological polar surface area (TPSA) is 25.8 Å². The number of benzene rings is 3. The second-order valence-electron chi connectivity index (χ2n) is 5.67. The molecule has 0 saturated heterocycles. The first-order chi connectivity index (χ1) is 11.8. The molecule has 0 spiro atoms. The highest BCUT2D eigenvalue weighted by Crippen LogP contribution is 2.37. The fraction of sp³-hybridized carbons (Fsp3) is 0. The van der Waals surface area contributed by atoms with Crippen molar-refractivity contribution in [3.05, 3.63) is 71.5 Å². The van der Waals surface area contributed by atoms with Crippen molar-refractivity contribution in [1.82, 2.24) is 9.97 Å². The second kappa shape index (κ2) is 5.36. The van der Waals surface area contributed by atoms with E-state index in [1.165, 1.54) is 20.2 Å². The summed E-state index contributed by atoms with van der Waals surface area (Å²) in [6, 6.07) is 23.3. The first-order valence-corrected chi connectivity index (χ1v) is 9.24. The van der Waals surface area contributed by atoms with Crippen LogP contribution in [-0.4, -0.2) is 9.97 Å². The molecule has 0 radical (unpaired) electrons. The van der Waals surface area contributed by atoms with Gasteiger partial charge in [0.15, 0.2) is 4.73 Å². The van der Waals surface area contributed by atoms with E-state index in [0.29, 0.717) is 4.73 Å². The van der Waals surface area contributed by atoms with E-state index in [0.717, 1.165) is 22.2 Å². The lowest BCUT2D eigenvalue weighted by atomic mass is 10.0. The molecule has 0 saturated carbocycles. The third-order valence-corrected chi connectivity index (χ3v) is 5.72. The van der Waals surface area contributed by atoms with Crippen LogP contribution in [0, 0.1) is 0 Å². The van der Waals surface area contributed by atoms with Crippen LogP contribution >= 0.6 is 27.3 Å². The number of para-hydroxylation sites is 1. The summed E-state index contributed by atoms with van der Waals surface area (Å²) in [7, 11) is 0. The molecule has 0 N–H and O–H groups in total. The largest absolute Gasteiger partial charge is 0.222 e. The number of hydrogen-bond acceptors (Lipinski definition) is 3. The van der Waals surface area contributed by atoms with E-state index in [9.17, 15) is 0 Å². The third kappa shape index (κ3) is 2.14. The number of thiophene rings is 1. The van der Waals surface area contributed by atoms with Gasteiger partial charge in [-0.25, -0.2) is 9.97 Å². The Morgan fingerprint density at radius 1 is 0.708 bits per heavy atom. The predicted octanol–water partition coefficient (Wildman–Crippen LogP) is 6.43. The normalized spacial score (nSPS) is 11.5. The minimum atomic E-state index is 0.618. The summed E-state index contributed by atoms with van der Waals surface area (Å²) in [4.78, 5) is 9.11. The molecule has 0 aliphatic carbocycles. The third-order valence-electron chi connectivity index (χ3n) is 4.23. The predicted molar refractivity (Wildman–Crippen MR) is 106 cm³/mol. The first kappa shape index (κ1) is 14.1. The van der Waals surface area contributed by atoms with Gasteiger partial charge in [0.2, 0.25) is 0 Å². The summed E-state index contributed by atoms with van der Waals surface area (Å²) in [5.74, 6) is 0. The Labute approximate surface area is 150 Å². The van der Waals surface area contributed by atoms with E-state index in [4.69, 9.17) is 0 Å². The van der Waals surface area contributed by atoms with Gasteiger partial charge in [-0.15, -0.1) is 11.3 Å². The molecule has 0 unspecified atom stereocenters. The molecule has 5 rings (SSSR count). The van der Waals surface area contributed by atoms with E-state index >= 15 is 0 Å². The van der Waals surface area contributed by atoms with Crippen molar-refractivity contribution in [2.45, 2.75) is 0 Å². The number of nitrogens with zero attached hydrogens (tertiary/aromatic N) is 2. The molecule has 0 bridgehead atoms. The highest BCUT2D eigenvalue weighted by atomic mass is 79.9. The molecule has 114 valence electrons. The lowest BCUT2D eigenvalue weighted by molar-refractivity contribution is 1.16. The van der Waals surface area contributed by atoms with Crippen LogP contribution in [0.1, 0.15) is 0 Å². The molecule has 3 aromatic carbocycles. The number of hydrogen-bond donors (Lipinski definition) is 0. The van der Waals surface area contributed by atoms with Gasteiger partial charge in [-0.1, -0.05) is 48.5 Å². The fourth-order valence-electron chi connectivity index (χ4n) is 3.14. The minimum absolute atomic E-state index is 0.618. The summed E-state index contributed by atoms with van der Waals surface area (Å²) in [6.07, 6.45) is 0. The Morgan fingerprint density at radius 3 is 2.38 bits per heavy atom. The Balaban J connectivity index is 1.82. The maximum Gasteiger partial charge on any atom is 0.197 e. The molecule has 2 heterocycles. The average Bonchev–Trinajstić information content (AvgIpc) is 2.98. The highest BCUT2D eigenvalue weighted by Gasteiger charge is 2.11. The molecule has 5 aromatic rings. The van der Waals surface area contributed by atoms with E-state index in [2.05, 4.69) is 74.4 Å². The van der Waals surface area contributed by atoms with Crippen LogP contribution in [-0.2, 0) is 0 Å². The van der Waals surface area contributed by atoms with Crippen molar-refractivity contribution < 1.29 is 0 Å². The summed E-state index contributed by atoms with van der Waals surface area (Å²) < 4.78 is 3.22. The van der Waals surface area contributed by atoms with Crippen molar-refractivity contribution in [1.29, 1.82) is 0 Å². The standard InChI is InChI=1S/C20H11BrN2S/c21-20-22-16-7-3-1-6-15(16)19(23-20)12-9-10-14-13-5-2-4-8-17(13)24-18(14)11-12/h1-11H. The molecule has 0 aliphatic heterocycles. The highest BCUT2D eigenvalue weighted by molar-refractivity contribution is 9.10. The lowest BCUT2D eigenvalue weighted by Crippen LogP contribution is -1.91. The van der Waals surface area contributed by atoms with E-state index in [1.807, 2.05) is 29.5 Å². The molecular formula is C20H11BrN2S. The number of aromatic nitrogens is 2. The van der Waals surface area contributed by atoms with Gasteiger partial charge in [-0.05, 0) is 34.1 Å². The van der Waals surface area contributed by atoms with Crippen LogP contribution in [0.4, 0.5) is 0 Å².